The molecule has 1 fully saturated rings. The fraction of sp³-hybridized carbons (Fsp3) is 0.333. The Morgan fingerprint density at radius 1 is 1.25 bits per heavy atom. The molecule has 0 radical (unpaired) electrons. The molecule has 0 amide bonds. The van der Waals surface area contributed by atoms with Gasteiger partial charge in [0.15, 0.2) is 17.2 Å². The molecule has 8 heteroatoms. The maximum absolute atomic E-state index is 14.2. The maximum atomic E-state index is 14.2. The number of methoxy groups -OCH3 is 1. The van der Waals surface area contributed by atoms with Gasteiger partial charge in [0.05, 0.1) is 17.2 Å². The van der Waals surface area contributed by atoms with E-state index in [4.69, 9.17) is 4.74 Å². The first-order chi connectivity index (χ1) is 15.3. The minimum atomic E-state index is -1.20. The molecule has 1 aliphatic rings. The smallest absolute Gasteiger partial charge is 0.335 e. The van der Waals surface area contributed by atoms with Gasteiger partial charge in [0, 0.05) is 35.3 Å². The molecule has 2 N–H and O–H groups in total. The van der Waals surface area contributed by atoms with E-state index >= 15 is 0 Å². The van der Waals surface area contributed by atoms with E-state index in [2.05, 4.69) is 10.2 Å². The summed E-state index contributed by atoms with van der Waals surface area (Å²) < 4.78 is 35.2. The molecular formula is C24H23F2N3O3. The minimum absolute atomic E-state index is 0.0436. The quantitative estimate of drug-likeness (QED) is 0.445. The summed E-state index contributed by atoms with van der Waals surface area (Å²) in [7, 11) is 1.42. The zero-order chi connectivity index (χ0) is 22.8. The van der Waals surface area contributed by atoms with Crippen LogP contribution in [0.3, 0.4) is 0 Å². The first kappa shape index (κ1) is 20.6. The number of aliphatic carboxylic acids is 1. The van der Waals surface area contributed by atoms with Gasteiger partial charge in [-0.1, -0.05) is 13.8 Å². The molecule has 0 aliphatic heterocycles. The largest absolute Gasteiger partial charge is 0.479 e. The molecule has 2 heterocycles. The summed E-state index contributed by atoms with van der Waals surface area (Å²) in [5, 5.41) is 18.6. The van der Waals surface area contributed by atoms with Crippen molar-refractivity contribution in [1.29, 1.82) is 0 Å². The number of nitrogens with one attached hydrogen (secondary N) is 1. The van der Waals surface area contributed by atoms with Gasteiger partial charge in [0.2, 0.25) is 0 Å². The molecule has 0 unspecified atom stereocenters. The Labute approximate surface area is 182 Å². The molecular weight excluding hydrogens is 416 g/mol. The predicted molar refractivity (Wildman–Crippen MR) is 116 cm³/mol. The molecule has 0 bridgehead atoms. The summed E-state index contributed by atoms with van der Waals surface area (Å²) in [6.07, 6.45) is 2.41. The van der Waals surface area contributed by atoms with Crippen LogP contribution in [0.1, 0.15) is 49.8 Å². The Morgan fingerprint density at radius 2 is 2.00 bits per heavy atom. The van der Waals surface area contributed by atoms with Crippen molar-refractivity contribution in [3.05, 3.63) is 59.4 Å². The van der Waals surface area contributed by atoms with E-state index in [0.29, 0.717) is 18.5 Å². The highest BCUT2D eigenvalue weighted by molar-refractivity contribution is 5.99. The molecule has 1 saturated carbocycles. The number of fused-ring (bicyclic) bond motifs is 2. The van der Waals surface area contributed by atoms with Crippen molar-refractivity contribution < 1.29 is 23.4 Å². The van der Waals surface area contributed by atoms with Crippen LogP contribution in [0.25, 0.3) is 27.5 Å². The number of carbonyl (C=O) groups is 1. The summed E-state index contributed by atoms with van der Waals surface area (Å²) in [5.41, 5.74) is 2.98. The van der Waals surface area contributed by atoms with Crippen molar-refractivity contribution in [1.82, 2.24) is 14.8 Å². The Kier molecular flexibility index (Phi) is 4.60. The van der Waals surface area contributed by atoms with Gasteiger partial charge in [-0.15, -0.1) is 0 Å². The van der Waals surface area contributed by atoms with Crippen LogP contribution in [-0.2, 0) is 9.53 Å². The van der Waals surface area contributed by atoms with Crippen molar-refractivity contribution in [2.24, 2.45) is 0 Å². The van der Waals surface area contributed by atoms with Crippen molar-refractivity contribution in [2.75, 3.05) is 7.11 Å². The van der Waals surface area contributed by atoms with Crippen molar-refractivity contribution in [3.63, 3.8) is 0 Å². The van der Waals surface area contributed by atoms with Crippen LogP contribution >= 0.6 is 0 Å². The Morgan fingerprint density at radius 3 is 2.62 bits per heavy atom. The van der Waals surface area contributed by atoms with Crippen molar-refractivity contribution in [3.8, 4) is 5.69 Å². The van der Waals surface area contributed by atoms with E-state index in [1.54, 1.807) is 12.3 Å². The highest BCUT2D eigenvalue weighted by Gasteiger charge is 2.53. The van der Waals surface area contributed by atoms with Crippen LogP contribution in [0, 0.1) is 11.6 Å². The monoisotopic (exact) mass is 439 g/mol. The number of hydrogen-bond donors (Lipinski definition) is 2. The Balaban J connectivity index is 1.80. The van der Waals surface area contributed by atoms with Crippen molar-refractivity contribution >= 4 is 27.8 Å². The number of aromatic amines is 1. The Bertz CT molecular complexity index is 1370. The molecule has 4 aromatic rings. The molecule has 0 spiro atoms. The fourth-order valence-electron chi connectivity index (χ4n) is 5.04. The standard InChI is InChI=1S/C24H23F2N3O3/c1-12(2)22-21(14-9-24(10-14,32-3)23(30)31)16-8-19-13(11-27-28-19)6-20(16)29(22)15-4-5-17(25)18(26)7-15/h4-8,11-12,14H,9-10H2,1-3H3,(H,27,28)(H,30,31). The Hall–Kier alpha value is -3.26. The molecule has 5 rings (SSSR count). The lowest BCUT2D eigenvalue weighted by atomic mass is 9.66. The van der Waals surface area contributed by atoms with E-state index in [9.17, 15) is 18.7 Å². The van der Waals surface area contributed by atoms with E-state index in [0.717, 1.165) is 39.1 Å². The second-order valence-corrected chi connectivity index (χ2v) is 8.82. The number of hydrogen-bond acceptors (Lipinski definition) is 3. The lowest BCUT2D eigenvalue weighted by Crippen LogP contribution is -2.51. The van der Waals surface area contributed by atoms with Gasteiger partial charge >= 0.3 is 5.97 Å². The van der Waals surface area contributed by atoms with Crippen LogP contribution in [0.15, 0.2) is 36.5 Å². The lowest BCUT2D eigenvalue weighted by Gasteiger charge is -2.43. The van der Waals surface area contributed by atoms with Crippen LogP contribution in [0.5, 0.6) is 0 Å². The van der Waals surface area contributed by atoms with Crippen LogP contribution in [0.2, 0.25) is 0 Å². The first-order valence-corrected chi connectivity index (χ1v) is 10.5. The van der Waals surface area contributed by atoms with E-state index in [1.165, 1.54) is 13.2 Å². The molecule has 1 aliphatic carbocycles. The summed E-state index contributed by atoms with van der Waals surface area (Å²) in [5.74, 6) is -2.79. The predicted octanol–water partition coefficient (Wildman–Crippen LogP) is 5.26. The first-order valence-electron chi connectivity index (χ1n) is 10.5. The van der Waals surface area contributed by atoms with Crippen LogP contribution < -0.4 is 0 Å². The fourth-order valence-corrected chi connectivity index (χ4v) is 5.04. The number of carboxylic acids is 1. The zero-order valence-electron chi connectivity index (χ0n) is 17.9. The third kappa shape index (κ3) is 2.86. The molecule has 0 atom stereocenters. The van der Waals surface area contributed by atoms with Gasteiger partial charge in [0.1, 0.15) is 0 Å². The number of H-pyrrole nitrogens is 1. The third-order valence-corrected chi connectivity index (χ3v) is 6.65. The maximum Gasteiger partial charge on any atom is 0.335 e. The summed E-state index contributed by atoms with van der Waals surface area (Å²) in [6, 6.07) is 7.86. The summed E-state index contributed by atoms with van der Waals surface area (Å²) >= 11 is 0. The highest BCUT2D eigenvalue weighted by atomic mass is 19.2. The number of ether oxygens (including phenoxy) is 1. The third-order valence-electron chi connectivity index (χ3n) is 6.65. The van der Waals surface area contributed by atoms with E-state index < -0.39 is 23.2 Å². The average molecular weight is 439 g/mol. The number of nitrogens with zero attached hydrogens (tertiary/aromatic N) is 2. The molecule has 2 aromatic carbocycles. The van der Waals surface area contributed by atoms with Gasteiger partial charge in [-0.2, -0.15) is 5.10 Å². The van der Waals surface area contributed by atoms with Gasteiger partial charge in [-0.25, -0.2) is 13.6 Å². The normalized spacial score (nSPS) is 20.9. The van der Waals surface area contributed by atoms with Gasteiger partial charge < -0.3 is 14.4 Å². The van der Waals surface area contributed by atoms with Gasteiger partial charge in [-0.05, 0) is 54.5 Å². The number of aromatic nitrogens is 3. The lowest BCUT2D eigenvalue weighted by molar-refractivity contribution is -0.175. The number of halogens is 2. The van der Waals surface area contributed by atoms with E-state index in [1.807, 2.05) is 30.5 Å². The average Bonchev–Trinajstić information content (AvgIpc) is 3.30. The van der Waals surface area contributed by atoms with Gasteiger partial charge in [-0.3, -0.25) is 5.10 Å². The molecule has 0 saturated heterocycles. The molecule has 32 heavy (non-hydrogen) atoms. The van der Waals surface area contributed by atoms with Crippen molar-refractivity contribution in [2.45, 2.75) is 44.1 Å². The molecule has 2 aromatic heterocycles. The SMILES string of the molecule is COC1(C(=O)O)CC(c2c(C(C)C)n(-c3ccc(F)c(F)c3)c3cc4cn[nH]c4cc23)C1. The summed E-state index contributed by atoms with van der Waals surface area (Å²) in [6.45, 7) is 4.09. The number of carboxylic acid groups (broad SMARTS) is 1. The minimum Gasteiger partial charge on any atom is -0.479 e. The highest BCUT2D eigenvalue weighted by Crippen LogP contribution is 2.52. The number of benzene rings is 2. The van der Waals surface area contributed by atoms with Gasteiger partial charge in [0.25, 0.3) is 0 Å². The van der Waals surface area contributed by atoms with Crippen LogP contribution in [0.4, 0.5) is 8.78 Å². The second kappa shape index (κ2) is 7.13. The molecule has 166 valence electrons. The second-order valence-electron chi connectivity index (χ2n) is 8.82. The topological polar surface area (TPSA) is 80.1 Å². The molecule has 6 nitrogen and oxygen atoms in total. The van der Waals surface area contributed by atoms with E-state index in [-0.39, 0.29) is 11.8 Å². The zero-order valence-corrected chi connectivity index (χ0v) is 17.9. The number of rotatable bonds is 5. The van der Waals surface area contributed by atoms with Crippen LogP contribution in [-0.4, -0.2) is 38.6 Å². The summed E-state index contributed by atoms with van der Waals surface area (Å²) in [4.78, 5) is 11.8.